The van der Waals surface area contributed by atoms with Crippen molar-refractivity contribution >= 4 is 15.9 Å². The second kappa shape index (κ2) is 5.49. The predicted molar refractivity (Wildman–Crippen MR) is 72.3 cm³/mol. The van der Waals surface area contributed by atoms with Crippen LogP contribution in [0, 0.1) is 17.7 Å². The average molecular weight is 300 g/mol. The van der Waals surface area contributed by atoms with Gasteiger partial charge < -0.3 is 5.73 Å². The minimum absolute atomic E-state index is 0.199. The van der Waals surface area contributed by atoms with Crippen LogP contribution in [0.2, 0.25) is 0 Å². The third-order valence-electron chi connectivity index (χ3n) is 3.79. The van der Waals surface area contributed by atoms with Gasteiger partial charge in [-0.1, -0.05) is 13.0 Å². The van der Waals surface area contributed by atoms with Crippen LogP contribution in [0.5, 0.6) is 0 Å². The second-order valence-corrected chi connectivity index (χ2v) is 6.15. The van der Waals surface area contributed by atoms with Crippen molar-refractivity contribution in [2.75, 3.05) is 0 Å². The summed E-state index contributed by atoms with van der Waals surface area (Å²) in [6.07, 6.45) is 4.51. The Morgan fingerprint density at radius 3 is 2.88 bits per heavy atom. The molecule has 1 aromatic rings. The zero-order valence-corrected chi connectivity index (χ0v) is 11.7. The topological polar surface area (TPSA) is 26.0 Å². The van der Waals surface area contributed by atoms with Crippen molar-refractivity contribution in [2.45, 2.75) is 38.6 Å². The van der Waals surface area contributed by atoms with Gasteiger partial charge in [0.1, 0.15) is 5.82 Å². The monoisotopic (exact) mass is 299 g/mol. The molecule has 0 spiro atoms. The fourth-order valence-electron chi connectivity index (χ4n) is 2.73. The first-order valence-electron chi connectivity index (χ1n) is 6.25. The highest BCUT2D eigenvalue weighted by molar-refractivity contribution is 9.10. The zero-order valence-electron chi connectivity index (χ0n) is 10.1. The number of rotatable bonds is 2. The normalized spacial score (nSPS) is 29.3. The number of nitrogens with two attached hydrogens (primary N) is 1. The van der Waals surface area contributed by atoms with E-state index in [0.29, 0.717) is 16.4 Å². The van der Waals surface area contributed by atoms with Crippen molar-refractivity contribution < 1.29 is 4.39 Å². The SMILES string of the molecule is CC1CCC(N)C(Cc2ccc(F)c(Br)c2)C1. The smallest absolute Gasteiger partial charge is 0.137 e. The summed E-state index contributed by atoms with van der Waals surface area (Å²) in [5.41, 5.74) is 7.35. The van der Waals surface area contributed by atoms with Gasteiger partial charge in [0, 0.05) is 6.04 Å². The molecule has 1 aliphatic carbocycles. The van der Waals surface area contributed by atoms with E-state index in [1.54, 1.807) is 0 Å². The summed E-state index contributed by atoms with van der Waals surface area (Å²) in [4.78, 5) is 0. The molecule has 94 valence electrons. The lowest BCUT2D eigenvalue weighted by molar-refractivity contribution is 0.244. The number of hydrogen-bond donors (Lipinski definition) is 1. The van der Waals surface area contributed by atoms with Gasteiger partial charge in [-0.2, -0.15) is 0 Å². The zero-order chi connectivity index (χ0) is 12.4. The number of benzene rings is 1. The first kappa shape index (κ1) is 13.0. The third kappa shape index (κ3) is 3.29. The summed E-state index contributed by atoms with van der Waals surface area (Å²) in [7, 11) is 0. The molecule has 0 heterocycles. The summed E-state index contributed by atoms with van der Waals surface area (Å²) in [6.45, 7) is 2.29. The minimum Gasteiger partial charge on any atom is -0.327 e. The van der Waals surface area contributed by atoms with Gasteiger partial charge in [-0.15, -0.1) is 0 Å². The van der Waals surface area contributed by atoms with Gasteiger partial charge >= 0.3 is 0 Å². The highest BCUT2D eigenvalue weighted by Gasteiger charge is 2.26. The van der Waals surface area contributed by atoms with E-state index in [2.05, 4.69) is 22.9 Å². The first-order chi connectivity index (χ1) is 8.06. The van der Waals surface area contributed by atoms with E-state index in [9.17, 15) is 4.39 Å². The van der Waals surface area contributed by atoms with Crippen LogP contribution in [0.3, 0.4) is 0 Å². The van der Waals surface area contributed by atoms with E-state index >= 15 is 0 Å². The Bertz CT molecular complexity index is 394. The van der Waals surface area contributed by atoms with Crippen molar-refractivity contribution in [3.05, 3.63) is 34.1 Å². The average Bonchev–Trinajstić information content (AvgIpc) is 2.29. The predicted octanol–water partition coefficient (Wildman–Crippen LogP) is 3.89. The van der Waals surface area contributed by atoms with E-state index in [4.69, 9.17) is 5.73 Å². The maximum absolute atomic E-state index is 13.1. The molecule has 17 heavy (non-hydrogen) atoms. The molecule has 1 aliphatic rings. The maximum Gasteiger partial charge on any atom is 0.137 e. The molecule has 0 radical (unpaired) electrons. The molecule has 1 fully saturated rings. The lowest BCUT2D eigenvalue weighted by Gasteiger charge is -2.32. The summed E-state index contributed by atoms with van der Waals surface area (Å²) in [6, 6.07) is 5.57. The molecule has 0 amide bonds. The van der Waals surface area contributed by atoms with E-state index in [-0.39, 0.29) is 5.82 Å². The lowest BCUT2D eigenvalue weighted by Crippen LogP contribution is -2.36. The van der Waals surface area contributed by atoms with Crippen LogP contribution in [-0.2, 0) is 6.42 Å². The van der Waals surface area contributed by atoms with Crippen molar-refractivity contribution in [3.8, 4) is 0 Å². The van der Waals surface area contributed by atoms with Gasteiger partial charge in [0.2, 0.25) is 0 Å². The summed E-state index contributed by atoms with van der Waals surface area (Å²) in [5, 5.41) is 0. The van der Waals surface area contributed by atoms with Gasteiger partial charge in [0.15, 0.2) is 0 Å². The molecule has 0 aliphatic heterocycles. The molecule has 1 nitrogen and oxygen atoms in total. The van der Waals surface area contributed by atoms with E-state index < -0.39 is 0 Å². The highest BCUT2D eigenvalue weighted by atomic mass is 79.9. The van der Waals surface area contributed by atoms with Crippen molar-refractivity contribution in [1.29, 1.82) is 0 Å². The minimum atomic E-state index is -0.199. The van der Waals surface area contributed by atoms with Crippen LogP contribution in [0.15, 0.2) is 22.7 Å². The molecule has 3 heteroatoms. The molecular formula is C14H19BrFN. The molecule has 1 aromatic carbocycles. The molecule has 0 saturated heterocycles. The van der Waals surface area contributed by atoms with Gasteiger partial charge in [-0.05, 0) is 71.1 Å². The molecule has 0 aromatic heterocycles. The molecule has 3 atom stereocenters. The standard InChI is InChI=1S/C14H19BrFN/c1-9-2-5-14(17)11(6-9)7-10-3-4-13(16)12(15)8-10/h3-4,8-9,11,14H,2,5-7,17H2,1H3. The Morgan fingerprint density at radius 1 is 1.41 bits per heavy atom. The number of halogens is 2. The molecular weight excluding hydrogens is 281 g/mol. The molecule has 1 saturated carbocycles. The quantitative estimate of drug-likeness (QED) is 0.881. The van der Waals surface area contributed by atoms with Crippen molar-refractivity contribution in [3.63, 3.8) is 0 Å². The molecule has 2 N–H and O–H groups in total. The number of hydrogen-bond acceptors (Lipinski definition) is 1. The fraction of sp³-hybridized carbons (Fsp3) is 0.571. The van der Waals surface area contributed by atoms with Crippen LogP contribution in [0.25, 0.3) is 0 Å². The van der Waals surface area contributed by atoms with Crippen LogP contribution in [-0.4, -0.2) is 6.04 Å². The Kier molecular flexibility index (Phi) is 4.21. The molecule has 3 unspecified atom stereocenters. The summed E-state index contributed by atoms with van der Waals surface area (Å²) in [5.74, 6) is 1.11. The van der Waals surface area contributed by atoms with Crippen molar-refractivity contribution in [1.82, 2.24) is 0 Å². The Labute approximate surface area is 111 Å². The largest absolute Gasteiger partial charge is 0.327 e. The van der Waals surface area contributed by atoms with E-state index in [0.717, 1.165) is 18.8 Å². The Morgan fingerprint density at radius 2 is 2.18 bits per heavy atom. The maximum atomic E-state index is 13.1. The lowest BCUT2D eigenvalue weighted by atomic mass is 9.76. The highest BCUT2D eigenvalue weighted by Crippen LogP contribution is 2.31. The van der Waals surface area contributed by atoms with Crippen LogP contribution in [0.4, 0.5) is 4.39 Å². The van der Waals surface area contributed by atoms with Crippen LogP contribution < -0.4 is 5.73 Å². The van der Waals surface area contributed by atoms with Crippen molar-refractivity contribution in [2.24, 2.45) is 17.6 Å². The summed E-state index contributed by atoms with van der Waals surface area (Å²) >= 11 is 3.23. The molecule has 2 rings (SSSR count). The van der Waals surface area contributed by atoms with Gasteiger partial charge in [-0.25, -0.2) is 4.39 Å². The van der Waals surface area contributed by atoms with Gasteiger partial charge in [-0.3, -0.25) is 0 Å². The van der Waals surface area contributed by atoms with Crippen LogP contribution in [0.1, 0.15) is 31.7 Å². The van der Waals surface area contributed by atoms with E-state index in [1.807, 2.05) is 12.1 Å². The summed E-state index contributed by atoms with van der Waals surface area (Å²) < 4.78 is 13.7. The Hall–Kier alpha value is -0.410. The first-order valence-corrected chi connectivity index (χ1v) is 7.05. The van der Waals surface area contributed by atoms with Gasteiger partial charge in [0.05, 0.1) is 4.47 Å². The molecule has 0 bridgehead atoms. The fourth-order valence-corrected chi connectivity index (χ4v) is 3.15. The van der Waals surface area contributed by atoms with Gasteiger partial charge in [0.25, 0.3) is 0 Å². The third-order valence-corrected chi connectivity index (χ3v) is 4.39. The van der Waals surface area contributed by atoms with Crippen LogP contribution >= 0.6 is 15.9 Å². The second-order valence-electron chi connectivity index (χ2n) is 5.29. The van der Waals surface area contributed by atoms with E-state index in [1.165, 1.54) is 24.5 Å². The Balaban J connectivity index is 2.06.